The summed E-state index contributed by atoms with van der Waals surface area (Å²) in [5.74, 6) is 1.55. The minimum Gasteiger partial charge on any atom is -0.493 e. The molecule has 5 aromatic rings. The number of nitrogens with one attached hydrogen (secondary N) is 1. The second-order valence-corrected chi connectivity index (χ2v) is 11.1. The molecule has 1 unspecified atom stereocenters. The van der Waals surface area contributed by atoms with Gasteiger partial charge in [-0.2, -0.15) is 8.42 Å². The van der Waals surface area contributed by atoms with Crippen molar-refractivity contribution in [1.82, 2.24) is 25.3 Å². The fraction of sp³-hybridized carbons (Fsp3) is 0.241. The van der Waals surface area contributed by atoms with Gasteiger partial charge in [-0.1, -0.05) is 0 Å². The quantitative estimate of drug-likeness (QED) is 0.143. The number of methoxy groups -OCH3 is 2. The van der Waals surface area contributed by atoms with Gasteiger partial charge in [0.05, 0.1) is 37.4 Å². The van der Waals surface area contributed by atoms with Crippen molar-refractivity contribution in [2.45, 2.75) is 12.5 Å². The third-order valence-corrected chi connectivity index (χ3v) is 7.42. The van der Waals surface area contributed by atoms with Crippen LogP contribution in [0.1, 0.15) is 5.56 Å². The molecule has 4 heterocycles. The molecule has 5 rings (SSSR count). The molecule has 12 nitrogen and oxygen atoms in total. The van der Waals surface area contributed by atoms with Gasteiger partial charge in [-0.3, -0.25) is 19.5 Å². The number of rotatable bonds is 12. The molecule has 0 saturated carbocycles. The first kappa shape index (κ1) is 28.9. The van der Waals surface area contributed by atoms with Crippen LogP contribution in [0.25, 0.3) is 32.9 Å². The largest absolute Gasteiger partial charge is 0.493 e. The molecular weight excluding hydrogens is 560 g/mol. The van der Waals surface area contributed by atoms with Crippen LogP contribution in [0, 0.1) is 0 Å². The van der Waals surface area contributed by atoms with E-state index >= 15 is 0 Å². The fourth-order valence-electron chi connectivity index (χ4n) is 4.63. The summed E-state index contributed by atoms with van der Waals surface area (Å²) in [5.41, 5.74) is 9.37. The van der Waals surface area contributed by atoms with E-state index in [1.807, 2.05) is 36.4 Å². The lowest BCUT2D eigenvalue weighted by Gasteiger charge is -2.19. The topological polar surface area (TPSA) is 172 Å². The van der Waals surface area contributed by atoms with Crippen LogP contribution in [0.4, 0.5) is 5.82 Å². The Morgan fingerprint density at radius 1 is 0.952 bits per heavy atom. The Morgan fingerprint density at radius 3 is 2.45 bits per heavy atom. The van der Waals surface area contributed by atoms with Gasteiger partial charge in [-0.25, -0.2) is 4.98 Å². The van der Waals surface area contributed by atoms with Crippen LogP contribution in [0.5, 0.6) is 17.2 Å². The standard InChI is InChI=1S/C29H30N6O6S/c1-39-27-12-23-22-11-25(35-29(30)24(22)16-34-26(23)13-28(27)40-2)19-10-21(15-32-14-19)41-17-20(33-7-8-42(36,37)38)9-18-3-5-31-6-4-18/h3-6,10-16,20,33H,7-9,17H2,1-2H3,(H2,30,35)(H,36,37,38). The van der Waals surface area contributed by atoms with Gasteiger partial charge in [0, 0.05) is 59.8 Å². The number of fused-ring (bicyclic) bond motifs is 3. The highest BCUT2D eigenvalue weighted by atomic mass is 32.2. The fourth-order valence-corrected chi connectivity index (χ4v) is 5.00. The maximum Gasteiger partial charge on any atom is 0.266 e. The van der Waals surface area contributed by atoms with Crippen molar-refractivity contribution in [1.29, 1.82) is 0 Å². The summed E-state index contributed by atoms with van der Waals surface area (Å²) in [6.07, 6.45) is 8.88. The van der Waals surface area contributed by atoms with E-state index in [2.05, 4.69) is 25.3 Å². The third-order valence-electron chi connectivity index (χ3n) is 6.70. The van der Waals surface area contributed by atoms with Gasteiger partial charge in [0.1, 0.15) is 18.2 Å². The lowest BCUT2D eigenvalue weighted by molar-refractivity contribution is 0.264. The number of pyridine rings is 4. The van der Waals surface area contributed by atoms with Gasteiger partial charge in [0.2, 0.25) is 0 Å². The molecule has 1 aromatic carbocycles. The summed E-state index contributed by atoms with van der Waals surface area (Å²) in [7, 11) is -0.945. The molecule has 0 amide bonds. The highest BCUT2D eigenvalue weighted by molar-refractivity contribution is 7.85. The Morgan fingerprint density at radius 2 is 1.71 bits per heavy atom. The van der Waals surface area contributed by atoms with Crippen molar-refractivity contribution >= 4 is 37.6 Å². The molecule has 1 atom stereocenters. The van der Waals surface area contributed by atoms with E-state index in [1.54, 1.807) is 45.2 Å². The predicted octanol–water partition coefficient (Wildman–Crippen LogP) is 3.31. The summed E-state index contributed by atoms with van der Waals surface area (Å²) in [4.78, 5) is 17.5. The van der Waals surface area contributed by atoms with Gasteiger partial charge in [-0.05, 0) is 47.7 Å². The first-order valence-electron chi connectivity index (χ1n) is 13.0. The first-order valence-corrected chi connectivity index (χ1v) is 14.6. The zero-order valence-electron chi connectivity index (χ0n) is 23.0. The van der Waals surface area contributed by atoms with Crippen molar-refractivity contribution in [2.24, 2.45) is 0 Å². The summed E-state index contributed by atoms with van der Waals surface area (Å²) in [6.45, 7) is 0.278. The van der Waals surface area contributed by atoms with Gasteiger partial charge in [0.15, 0.2) is 11.5 Å². The van der Waals surface area contributed by atoms with Crippen molar-refractivity contribution in [3.8, 4) is 28.5 Å². The molecule has 13 heteroatoms. The highest BCUT2D eigenvalue weighted by Crippen LogP contribution is 2.37. The molecule has 0 spiro atoms. The van der Waals surface area contributed by atoms with E-state index in [4.69, 9.17) is 24.5 Å². The third kappa shape index (κ3) is 6.82. The average molecular weight is 591 g/mol. The second kappa shape index (κ2) is 12.5. The van der Waals surface area contributed by atoms with E-state index in [0.29, 0.717) is 51.6 Å². The van der Waals surface area contributed by atoms with E-state index < -0.39 is 15.9 Å². The van der Waals surface area contributed by atoms with Crippen LogP contribution in [0.3, 0.4) is 0 Å². The summed E-state index contributed by atoms with van der Waals surface area (Å²) >= 11 is 0. The molecule has 0 aliphatic carbocycles. The number of aromatic nitrogens is 4. The van der Waals surface area contributed by atoms with Gasteiger partial charge in [0.25, 0.3) is 10.1 Å². The van der Waals surface area contributed by atoms with Crippen LogP contribution in [0.15, 0.2) is 67.4 Å². The Kier molecular flexibility index (Phi) is 8.61. The SMILES string of the molecule is COc1cc2ncc3c(N)nc(-c4cncc(OCC(Cc5ccncc5)NCCS(=O)(=O)O)c4)cc3c2cc1OC. The molecule has 4 aromatic heterocycles. The Bertz CT molecular complexity index is 1820. The summed E-state index contributed by atoms with van der Waals surface area (Å²) in [5, 5.41) is 5.52. The number of nitrogens with two attached hydrogens (primary N) is 1. The summed E-state index contributed by atoms with van der Waals surface area (Å²) in [6, 6.07) is 10.9. The minimum atomic E-state index is -4.09. The highest BCUT2D eigenvalue weighted by Gasteiger charge is 2.16. The van der Waals surface area contributed by atoms with Gasteiger partial charge >= 0.3 is 0 Å². The number of ether oxygens (including phenoxy) is 3. The normalized spacial score (nSPS) is 12.4. The monoisotopic (exact) mass is 590 g/mol. The molecule has 4 N–H and O–H groups in total. The first-order chi connectivity index (χ1) is 20.2. The zero-order chi connectivity index (χ0) is 29.7. The molecule has 0 bridgehead atoms. The molecule has 218 valence electrons. The van der Waals surface area contributed by atoms with Crippen molar-refractivity contribution in [3.05, 3.63) is 72.9 Å². The van der Waals surface area contributed by atoms with E-state index in [-0.39, 0.29) is 19.2 Å². The number of hydrogen-bond acceptors (Lipinski definition) is 11. The molecule has 0 fully saturated rings. The Hall–Kier alpha value is -4.59. The number of benzene rings is 1. The number of nitrogen functional groups attached to an aromatic ring is 1. The van der Waals surface area contributed by atoms with Crippen LogP contribution in [-0.2, 0) is 16.5 Å². The lowest BCUT2D eigenvalue weighted by Crippen LogP contribution is -2.39. The molecule has 0 aliphatic heterocycles. The van der Waals surface area contributed by atoms with Gasteiger partial charge in [-0.15, -0.1) is 0 Å². The zero-order valence-corrected chi connectivity index (χ0v) is 23.8. The van der Waals surface area contributed by atoms with Crippen molar-refractivity contribution < 1.29 is 27.2 Å². The average Bonchev–Trinajstić information content (AvgIpc) is 2.99. The number of nitrogens with zero attached hydrogens (tertiary/aromatic N) is 4. The van der Waals surface area contributed by atoms with Crippen molar-refractivity contribution in [3.63, 3.8) is 0 Å². The molecular formula is C29H30N6O6S. The molecule has 0 aliphatic rings. The molecule has 42 heavy (non-hydrogen) atoms. The Labute approximate surface area is 242 Å². The Balaban J connectivity index is 1.41. The van der Waals surface area contributed by atoms with Crippen LogP contribution in [0.2, 0.25) is 0 Å². The molecule has 0 radical (unpaired) electrons. The molecule has 0 saturated heterocycles. The van der Waals surface area contributed by atoms with E-state index in [9.17, 15) is 8.42 Å². The lowest BCUT2D eigenvalue weighted by atomic mass is 10.0. The van der Waals surface area contributed by atoms with Crippen molar-refractivity contribution in [2.75, 3.05) is 38.9 Å². The van der Waals surface area contributed by atoms with Crippen LogP contribution < -0.4 is 25.3 Å². The van der Waals surface area contributed by atoms with E-state index in [1.165, 1.54) is 0 Å². The van der Waals surface area contributed by atoms with E-state index in [0.717, 1.165) is 16.3 Å². The smallest absolute Gasteiger partial charge is 0.266 e. The van der Waals surface area contributed by atoms with Crippen LogP contribution in [-0.4, -0.2) is 72.1 Å². The summed E-state index contributed by atoms with van der Waals surface area (Å²) < 4.78 is 48.5. The number of hydrogen-bond donors (Lipinski definition) is 3. The second-order valence-electron chi connectivity index (χ2n) is 9.55. The predicted molar refractivity (Wildman–Crippen MR) is 159 cm³/mol. The maximum atomic E-state index is 11.2. The maximum absolute atomic E-state index is 11.2. The number of anilines is 1. The van der Waals surface area contributed by atoms with Crippen LogP contribution >= 0.6 is 0 Å². The minimum absolute atomic E-state index is 0.0655. The van der Waals surface area contributed by atoms with Gasteiger partial charge < -0.3 is 25.3 Å².